The predicted molar refractivity (Wildman–Crippen MR) is 187 cm³/mol. The molecule has 0 radical (unpaired) electrons. The van der Waals surface area contributed by atoms with Crippen molar-refractivity contribution in [3.05, 3.63) is 157 Å². The Labute approximate surface area is 259 Å². The largest absolute Gasteiger partial charge is 0.0622 e. The van der Waals surface area contributed by atoms with E-state index >= 15 is 0 Å². The van der Waals surface area contributed by atoms with E-state index in [9.17, 15) is 0 Å². The molecule has 0 N–H and O–H groups in total. The predicted octanol–water partition coefficient (Wildman–Crippen LogP) is 12.0. The van der Waals surface area contributed by atoms with Crippen molar-refractivity contribution in [1.82, 2.24) is 0 Å². The van der Waals surface area contributed by atoms with Crippen LogP contribution in [0.1, 0.15) is 24.0 Å². The molecule has 0 unspecified atom stereocenters. The molecular weight excluding hydrogens is 528 g/mol. The van der Waals surface area contributed by atoms with Crippen LogP contribution in [0.15, 0.2) is 146 Å². The van der Waals surface area contributed by atoms with Crippen molar-refractivity contribution in [1.29, 1.82) is 0 Å². The van der Waals surface area contributed by atoms with E-state index in [1.165, 1.54) is 108 Å². The molecule has 0 nitrogen and oxygen atoms in total. The molecular formula is C44H32. The Bertz CT molecular complexity index is 2180. The number of benzene rings is 7. The van der Waals surface area contributed by atoms with Crippen LogP contribution in [0.25, 0.3) is 77.5 Å². The van der Waals surface area contributed by atoms with Gasteiger partial charge in [-0.25, -0.2) is 0 Å². The van der Waals surface area contributed by atoms with Crippen LogP contribution in [-0.2, 0) is 12.8 Å². The van der Waals surface area contributed by atoms with Crippen LogP contribution in [0.5, 0.6) is 0 Å². The Morgan fingerprint density at radius 2 is 0.773 bits per heavy atom. The highest BCUT2D eigenvalue weighted by molar-refractivity contribution is 6.25. The van der Waals surface area contributed by atoms with Crippen molar-refractivity contribution in [3.63, 3.8) is 0 Å². The standard InChI is InChI=1S/C44H32/c1-4-15-31(16-5-1)39-40(32-17-6-2-7-18-32)43-36-24-12-22-30-23-13-25-37(38(30)36)44(43)41(33-19-8-3-9-20-33)42(39)35-27-26-29-14-10-11-21-34(29)28-35/h1-9,12-13,15-20,22-28H,10-11,14,21H2. The Hall–Kier alpha value is -5.20. The second-order valence-corrected chi connectivity index (χ2v) is 12.2. The molecule has 7 aromatic carbocycles. The summed E-state index contributed by atoms with van der Waals surface area (Å²) in [6, 6.07) is 54.3. The van der Waals surface area contributed by atoms with Gasteiger partial charge in [0.15, 0.2) is 0 Å². The molecule has 0 aromatic heterocycles. The summed E-state index contributed by atoms with van der Waals surface area (Å²) in [5.41, 5.74) is 18.8. The van der Waals surface area contributed by atoms with E-state index in [2.05, 4.69) is 146 Å². The van der Waals surface area contributed by atoms with Gasteiger partial charge >= 0.3 is 0 Å². The van der Waals surface area contributed by atoms with Gasteiger partial charge in [-0.3, -0.25) is 0 Å². The van der Waals surface area contributed by atoms with Crippen LogP contribution in [0.3, 0.4) is 0 Å². The van der Waals surface area contributed by atoms with Crippen LogP contribution < -0.4 is 0 Å². The van der Waals surface area contributed by atoms with E-state index in [-0.39, 0.29) is 0 Å². The Morgan fingerprint density at radius 3 is 1.30 bits per heavy atom. The van der Waals surface area contributed by atoms with Gasteiger partial charge in [0.05, 0.1) is 0 Å². The van der Waals surface area contributed by atoms with Crippen LogP contribution in [0, 0.1) is 0 Å². The Morgan fingerprint density at radius 1 is 0.318 bits per heavy atom. The van der Waals surface area contributed by atoms with Crippen LogP contribution in [0.2, 0.25) is 0 Å². The molecule has 0 saturated heterocycles. The van der Waals surface area contributed by atoms with E-state index in [0.717, 1.165) is 6.42 Å². The summed E-state index contributed by atoms with van der Waals surface area (Å²) in [4.78, 5) is 0. The highest BCUT2D eigenvalue weighted by atomic mass is 14.4. The number of hydrogen-bond donors (Lipinski definition) is 0. The number of hydrogen-bond acceptors (Lipinski definition) is 0. The lowest BCUT2D eigenvalue weighted by atomic mass is 9.76. The van der Waals surface area contributed by atoms with Gasteiger partial charge in [0, 0.05) is 0 Å². The topological polar surface area (TPSA) is 0 Å². The van der Waals surface area contributed by atoms with Gasteiger partial charge in [-0.1, -0.05) is 146 Å². The molecule has 0 atom stereocenters. The fourth-order valence-electron chi connectivity index (χ4n) is 7.90. The molecule has 0 fully saturated rings. The van der Waals surface area contributed by atoms with Gasteiger partial charge in [-0.15, -0.1) is 0 Å². The summed E-state index contributed by atoms with van der Waals surface area (Å²) in [7, 11) is 0. The first-order valence-electron chi connectivity index (χ1n) is 15.9. The van der Waals surface area contributed by atoms with Gasteiger partial charge in [-0.2, -0.15) is 0 Å². The second-order valence-electron chi connectivity index (χ2n) is 12.2. The highest BCUT2D eigenvalue weighted by Gasteiger charge is 2.33. The molecule has 0 bridgehead atoms. The molecule has 0 aliphatic heterocycles. The van der Waals surface area contributed by atoms with Gasteiger partial charge in [0.1, 0.15) is 0 Å². The molecule has 2 aliphatic carbocycles. The molecule has 0 heterocycles. The number of aryl methyl sites for hydroxylation is 2. The zero-order valence-electron chi connectivity index (χ0n) is 24.7. The fourth-order valence-corrected chi connectivity index (χ4v) is 7.90. The average Bonchev–Trinajstić information content (AvgIpc) is 3.43. The fraction of sp³-hybridized carbons (Fsp3) is 0.0909. The van der Waals surface area contributed by atoms with Crippen molar-refractivity contribution in [2.24, 2.45) is 0 Å². The molecule has 7 aromatic rings. The summed E-state index contributed by atoms with van der Waals surface area (Å²) < 4.78 is 0. The van der Waals surface area contributed by atoms with Crippen molar-refractivity contribution >= 4 is 10.8 Å². The van der Waals surface area contributed by atoms with Crippen molar-refractivity contribution in [3.8, 4) is 66.8 Å². The van der Waals surface area contributed by atoms with E-state index in [4.69, 9.17) is 0 Å². The highest BCUT2D eigenvalue weighted by Crippen LogP contribution is 2.60. The molecule has 0 saturated carbocycles. The molecule has 208 valence electrons. The Balaban J connectivity index is 1.55. The molecule has 0 heteroatoms. The van der Waals surface area contributed by atoms with Gasteiger partial charge in [0.2, 0.25) is 0 Å². The first-order chi connectivity index (χ1) is 21.9. The third kappa shape index (κ3) is 3.84. The molecule has 0 spiro atoms. The lowest BCUT2D eigenvalue weighted by Gasteiger charge is -2.27. The lowest BCUT2D eigenvalue weighted by Crippen LogP contribution is -2.04. The van der Waals surface area contributed by atoms with E-state index in [1.54, 1.807) is 0 Å². The van der Waals surface area contributed by atoms with Crippen LogP contribution >= 0.6 is 0 Å². The minimum Gasteiger partial charge on any atom is -0.0622 e. The quantitative estimate of drug-likeness (QED) is 0.201. The van der Waals surface area contributed by atoms with E-state index < -0.39 is 0 Å². The maximum absolute atomic E-state index is 2.52. The van der Waals surface area contributed by atoms with E-state index in [1.807, 2.05) is 0 Å². The molecule has 44 heavy (non-hydrogen) atoms. The van der Waals surface area contributed by atoms with Crippen molar-refractivity contribution in [2.45, 2.75) is 25.7 Å². The zero-order chi connectivity index (χ0) is 29.0. The number of fused-ring (bicyclic) bond motifs is 4. The Kier molecular flexibility index (Phi) is 5.87. The number of rotatable bonds is 4. The van der Waals surface area contributed by atoms with E-state index in [0.29, 0.717) is 0 Å². The minimum absolute atomic E-state index is 1.16. The lowest BCUT2D eigenvalue weighted by molar-refractivity contribution is 0.686. The minimum atomic E-state index is 1.16. The maximum atomic E-state index is 2.52. The normalized spacial score (nSPS) is 13.1. The molecule has 0 amide bonds. The van der Waals surface area contributed by atoms with Crippen LogP contribution in [-0.4, -0.2) is 0 Å². The molecule has 9 rings (SSSR count). The van der Waals surface area contributed by atoms with Gasteiger partial charge in [0.25, 0.3) is 0 Å². The van der Waals surface area contributed by atoms with Gasteiger partial charge in [-0.05, 0) is 114 Å². The monoisotopic (exact) mass is 560 g/mol. The zero-order valence-corrected chi connectivity index (χ0v) is 24.7. The maximum Gasteiger partial charge on any atom is -0.000719 e. The summed E-state index contributed by atoms with van der Waals surface area (Å²) in [5.74, 6) is 0. The summed E-state index contributed by atoms with van der Waals surface area (Å²) >= 11 is 0. The average molecular weight is 561 g/mol. The second kappa shape index (κ2) is 10.2. The van der Waals surface area contributed by atoms with Crippen molar-refractivity contribution in [2.75, 3.05) is 0 Å². The smallest absolute Gasteiger partial charge is 0.000719 e. The van der Waals surface area contributed by atoms with Crippen molar-refractivity contribution < 1.29 is 0 Å². The first kappa shape index (κ1) is 25.3. The third-order valence-corrected chi connectivity index (χ3v) is 9.77. The summed E-state index contributed by atoms with van der Waals surface area (Å²) in [5, 5.41) is 2.66. The summed E-state index contributed by atoms with van der Waals surface area (Å²) in [6.45, 7) is 0. The van der Waals surface area contributed by atoms with Gasteiger partial charge < -0.3 is 0 Å². The SMILES string of the molecule is c1ccc(-c2c(-c3ccc4c(c3)CCCC4)c(-c3ccccc3)c3c(c2-c2ccccc2)-c2cccc4cccc-3c24)cc1. The third-order valence-electron chi connectivity index (χ3n) is 9.77. The first-order valence-corrected chi connectivity index (χ1v) is 15.9. The summed E-state index contributed by atoms with van der Waals surface area (Å²) in [6.07, 6.45) is 4.90. The van der Waals surface area contributed by atoms with Crippen LogP contribution in [0.4, 0.5) is 0 Å². The molecule has 2 aliphatic rings.